The second-order valence-electron chi connectivity index (χ2n) is 8.68. The number of hydrogen-bond acceptors (Lipinski definition) is 3. The molecule has 184 valence electrons. The quantitative estimate of drug-likeness (QED) is 0.213. The van der Waals surface area contributed by atoms with E-state index in [0.717, 1.165) is 28.6 Å². The third-order valence-electron chi connectivity index (χ3n) is 6.32. The van der Waals surface area contributed by atoms with E-state index in [-0.39, 0.29) is 0 Å². The van der Waals surface area contributed by atoms with Crippen molar-refractivity contribution in [3.63, 3.8) is 0 Å². The highest BCUT2D eigenvalue weighted by Gasteiger charge is 2.30. The first-order chi connectivity index (χ1) is 18.0. The van der Waals surface area contributed by atoms with Gasteiger partial charge in [-0.3, -0.25) is 4.57 Å². The molecule has 0 radical (unpaired) electrons. The molecule has 2 heterocycles. The van der Waals surface area contributed by atoms with Gasteiger partial charge < -0.3 is 4.57 Å². The van der Waals surface area contributed by atoms with E-state index in [2.05, 4.69) is 39.0 Å². The van der Waals surface area contributed by atoms with Crippen LogP contribution in [0.15, 0.2) is 108 Å². The zero-order chi connectivity index (χ0) is 25.4. The predicted octanol–water partition coefficient (Wildman–Crippen LogP) is 7.73. The van der Waals surface area contributed by atoms with Gasteiger partial charge in [-0.15, -0.1) is 10.2 Å². The molecule has 0 saturated carbocycles. The third kappa shape index (κ3) is 4.49. The molecule has 0 aliphatic carbocycles. The Kier molecular flexibility index (Phi) is 5.96. The molecule has 0 saturated heterocycles. The molecule has 6 rings (SSSR count). The summed E-state index contributed by atoms with van der Waals surface area (Å²) in [5, 5.41) is 12.0. The maximum absolute atomic E-state index is 13.2. The van der Waals surface area contributed by atoms with Crippen LogP contribution in [0.2, 0.25) is 0 Å². The molecule has 4 aromatic carbocycles. The third-order valence-corrected chi connectivity index (χ3v) is 7.32. The lowest BCUT2D eigenvalue weighted by atomic mass is 10.1. The molecule has 0 fully saturated rings. The molecule has 0 unspecified atom stereocenters. The average Bonchev–Trinajstić information content (AvgIpc) is 3.47. The van der Waals surface area contributed by atoms with Crippen LogP contribution in [0.1, 0.15) is 17.0 Å². The Bertz CT molecular complexity index is 1650. The Balaban J connectivity index is 1.39. The normalized spacial score (nSPS) is 12.0. The maximum Gasteiger partial charge on any atom is 0.416 e. The van der Waals surface area contributed by atoms with Gasteiger partial charge in [-0.25, -0.2) is 0 Å². The molecular weight excluding hydrogens is 493 g/mol. The zero-order valence-electron chi connectivity index (χ0n) is 19.6. The van der Waals surface area contributed by atoms with Gasteiger partial charge in [-0.05, 0) is 35.9 Å². The molecule has 0 bridgehead atoms. The van der Waals surface area contributed by atoms with Crippen molar-refractivity contribution in [2.45, 2.75) is 23.6 Å². The number of rotatable bonds is 6. The molecular formula is C29H21F3N4S. The van der Waals surface area contributed by atoms with Crippen LogP contribution in [0.4, 0.5) is 13.2 Å². The van der Waals surface area contributed by atoms with Crippen LogP contribution in [-0.4, -0.2) is 19.3 Å². The van der Waals surface area contributed by atoms with Crippen molar-refractivity contribution in [2.24, 2.45) is 0 Å². The first-order valence-corrected chi connectivity index (χ1v) is 12.7. The number of thioether (sulfide) groups is 1. The summed E-state index contributed by atoms with van der Waals surface area (Å²) >= 11 is 1.37. The summed E-state index contributed by atoms with van der Waals surface area (Å²) in [6, 6.07) is 31.8. The molecule has 0 aliphatic heterocycles. The monoisotopic (exact) mass is 514 g/mol. The van der Waals surface area contributed by atoms with E-state index < -0.39 is 11.7 Å². The number of benzene rings is 4. The smallest absolute Gasteiger partial charge is 0.333 e. The van der Waals surface area contributed by atoms with E-state index in [1.807, 2.05) is 59.2 Å². The Hall–Kier alpha value is -4.04. The Morgan fingerprint density at radius 1 is 0.703 bits per heavy atom. The van der Waals surface area contributed by atoms with Crippen molar-refractivity contribution in [2.75, 3.05) is 0 Å². The molecule has 37 heavy (non-hydrogen) atoms. The molecule has 0 atom stereocenters. The van der Waals surface area contributed by atoms with Gasteiger partial charge in [0.05, 0.1) is 12.1 Å². The Morgan fingerprint density at radius 2 is 1.35 bits per heavy atom. The summed E-state index contributed by atoms with van der Waals surface area (Å²) in [5.74, 6) is 1.08. The average molecular weight is 515 g/mol. The van der Waals surface area contributed by atoms with Gasteiger partial charge in [-0.1, -0.05) is 84.6 Å². The largest absolute Gasteiger partial charge is 0.416 e. The highest BCUT2D eigenvalue weighted by atomic mass is 32.2. The molecule has 4 nitrogen and oxygen atoms in total. The van der Waals surface area contributed by atoms with Crippen molar-refractivity contribution in [1.29, 1.82) is 0 Å². The number of fused-ring (bicyclic) bond motifs is 3. The van der Waals surface area contributed by atoms with Crippen molar-refractivity contribution in [3.8, 4) is 5.69 Å². The van der Waals surface area contributed by atoms with Crippen molar-refractivity contribution in [1.82, 2.24) is 19.3 Å². The molecule has 0 N–H and O–H groups in total. The van der Waals surface area contributed by atoms with E-state index in [1.165, 1.54) is 34.7 Å². The molecule has 8 heteroatoms. The fourth-order valence-electron chi connectivity index (χ4n) is 4.63. The van der Waals surface area contributed by atoms with Crippen molar-refractivity contribution < 1.29 is 13.2 Å². The van der Waals surface area contributed by atoms with Crippen molar-refractivity contribution >= 4 is 33.6 Å². The minimum absolute atomic E-state index is 0.338. The summed E-state index contributed by atoms with van der Waals surface area (Å²) < 4.78 is 43.8. The SMILES string of the molecule is FC(F)(F)c1cccc(CSc2nnc(Cn3c4ccccc4c4ccccc43)n2-c2ccccc2)c1. The minimum atomic E-state index is -4.37. The van der Waals surface area contributed by atoms with Crippen LogP contribution in [0.5, 0.6) is 0 Å². The highest BCUT2D eigenvalue weighted by Crippen LogP contribution is 2.33. The van der Waals surface area contributed by atoms with Crippen LogP contribution < -0.4 is 0 Å². The Labute approximate surface area is 215 Å². The summed E-state index contributed by atoms with van der Waals surface area (Å²) in [6.45, 7) is 0.486. The van der Waals surface area contributed by atoms with Crippen LogP contribution in [-0.2, 0) is 18.5 Å². The maximum atomic E-state index is 13.2. The number of halogens is 3. The number of nitrogens with zero attached hydrogens (tertiary/aromatic N) is 4. The molecule has 0 amide bonds. The van der Waals surface area contributed by atoms with E-state index in [9.17, 15) is 13.2 Å². The van der Waals surface area contributed by atoms with Gasteiger partial charge in [0, 0.05) is 33.2 Å². The van der Waals surface area contributed by atoms with Crippen molar-refractivity contribution in [3.05, 3.63) is 120 Å². The van der Waals surface area contributed by atoms with Gasteiger partial charge in [0.25, 0.3) is 0 Å². The van der Waals surface area contributed by atoms with Gasteiger partial charge in [-0.2, -0.15) is 13.2 Å². The minimum Gasteiger partial charge on any atom is -0.333 e. The first-order valence-electron chi connectivity index (χ1n) is 11.7. The molecule has 0 aliphatic rings. The lowest BCUT2D eigenvalue weighted by molar-refractivity contribution is -0.137. The number of para-hydroxylation sites is 3. The van der Waals surface area contributed by atoms with Gasteiger partial charge in [0.2, 0.25) is 0 Å². The van der Waals surface area contributed by atoms with Gasteiger partial charge >= 0.3 is 6.18 Å². The fourth-order valence-corrected chi connectivity index (χ4v) is 5.55. The number of alkyl halides is 3. The summed E-state index contributed by atoms with van der Waals surface area (Å²) in [5.41, 5.74) is 3.03. The predicted molar refractivity (Wildman–Crippen MR) is 141 cm³/mol. The summed E-state index contributed by atoms with van der Waals surface area (Å²) in [6.07, 6.45) is -4.37. The molecule has 0 spiro atoms. The summed E-state index contributed by atoms with van der Waals surface area (Å²) in [4.78, 5) is 0. The van der Waals surface area contributed by atoms with E-state index in [0.29, 0.717) is 23.0 Å². The topological polar surface area (TPSA) is 35.6 Å². The molecule has 2 aromatic heterocycles. The summed E-state index contributed by atoms with van der Waals surface area (Å²) in [7, 11) is 0. The highest BCUT2D eigenvalue weighted by molar-refractivity contribution is 7.98. The number of hydrogen-bond donors (Lipinski definition) is 0. The van der Waals surface area contributed by atoms with Crippen LogP contribution >= 0.6 is 11.8 Å². The first kappa shape index (κ1) is 23.4. The van der Waals surface area contributed by atoms with Crippen LogP contribution in [0.3, 0.4) is 0 Å². The van der Waals surface area contributed by atoms with E-state index in [1.54, 1.807) is 6.07 Å². The van der Waals surface area contributed by atoms with Crippen LogP contribution in [0, 0.1) is 0 Å². The number of aromatic nitrogens is 4. The molecule has 6 aromatic rings. The lowest BCUT2D eigenvalue weighted by Crippen LogP contribution is -2.08. The van der Waals surface area contributed by atoms with E-state index in [4.69, 9.17) is 0 Å². The second kappa shape index (κ2) is 9.44. The van der Waals surface area contributed by atoms with Crippen LogP contribution in [0.25, 0.3) is 27.5 Å². The van der Waals surface area contributed by atoms with E-state index >= 15 is 0 Å². The fraction of sp³-hybridized carbons (Fsp3) is 0.103. The van der Waals surface area contributed by atoms with Gasteiger partial charge in [0.1, 0.15) is 0 Å². The van der Waals surface area contributed by atoms with Gasteiger partial charge in [0.15, 0.2) is 11.0 Å². The second-order valence-corrected chi connectivity index (χ2v) is 9.62. The standard InChI is InChI=1S/C29H21F3N4S/c30-29(31,32)21-10-8-9-20(17-21)19-37-28-34-33-27(36(28)22-11-2-1-3-12-22)18-35-25-15-6-4-13-23(25)24-14-5-7-16-26(24)35/h1-17H,18-19H2. The zero-order valence-corrected chi connectivity index (χ0v) is 20.4. The lowest BCUT2D eigenvalue weighted by Gasteiger charge is -2.12. The Morgan fingerprint density at radius 3 is 2.03 bits per heavy atom.